The van der Waals surface area contributed by atoms with Crippen LogP contribution in [0.3, 0.4) is 0 Å². The minimum Gasteiger partial charge on any atom is -0.495 e. The SMILES string of the molecule is COc1c(Cl)cc2c(c1CNO)OCCCO2. The molecule has 0 aromatic heterocycles. The van der Waals surface area contributed by atoms with Gasteiger partial charge < -0.3 is 19.4 Å². The van der Waals surface area contributed by atoms with Crippen molar-refractivity contribution in [3.05, 3.63) is 16.7 Å². The summed E-state index contributed by atoms with van der Waals surface area (Å²) in [6.45, 7) is 1.33. The van der Waals surface area contributed by atoms with Crippen molar-refractivity contribution in [2.45, 2.75) is 13.0 Å². The quantitative estimate of drug-likeness (QED) is 0.813. The molecular weight excluding hydrogens is 246 g/mol. The minimum atomic E-state index is 0.176. The van der Waals surface area contributed by atoms with Crippen LogP contribution in [0, 0.1) is 0 Å². The minimum absolute atomic E-state index is 0.176. The first kappa shape index (κ1) is 12.3. The van der Waals surface area contributed by atoms with Crippen LogP contribution in [-0.4, -0.2) is 25.5 Å². The molecule has 1 aliphatic rings. The van der Waals surface area contributed by atoms with Gasteiger partial charge in [-0.2, -0.15) is 0 Å². The number of hydroxylamine groups is 1. The number of nitrogens with one attached hydrogen (secondary N) is 1. The highest BCUT2D eigenvalue weighted by molar-refractivity contribution is 6.32. The predicted molar refractivity (Wildman–Crippen MR) is 62.2 cm³/mol. The van der Waals surface area contributed by atoms with Crippen molar-refractivity contribution in [3.63, 3.8) is 0 Å². The van der Waals surface area contributed by atoms with E-state index in [0.29, 0.717) is 41.0 Å². The molecule has 1 heterocycles. The third-order valence-corrected chi connectivity index (χ3v) is 2.78. The topological polar surface area (TPSA) is 60.0 Å². The highest BCUT2D eigenvalue weighted by Crippen LogP contribution is 2.43. The number of fused-ring (bicyclic) bond motifs is 1. The van der Waals surface area contributed by atoms with E-state index in [0.717, 1.165) is 6.42 Å². The van der Waals surface area contributed by atoms with Crippen LogP contribution in [0.15, 0.2) is 6.07 Å². The van der Waals surface area contributed by atoms with E-state index < -0.39 is 0 Å². The molecular formula is C11H14ClNO4. The monoisotopic (exact) mass is 259 g/mol. The average molecular weight is 260 g/mol. The third kappa shape index (κ3) is 2.41. The lowest BCUT2D eigenvalue weighted by Gasteiger charge is -2.16. The lowest BCUT2D eigenvalue weighted by Crippen LogP contribution is -2.10. The van der Waals surface area contributed by atoms with Gasteiger partial charge in [0.2, 0.25) is 0 Å². The molecule has 1 aromatic carbocycles. The van der Waals surface area contributed by atoms with Gasteiger partial charge in [-0.1, -0.05) is 11.6 Å². The summed E-state index contributed by atoms with van der Waals surface area (Å²) >= 11 is 6.09. The van der Waals surface area contributed by atoms with Crippen LogP contribution < -0.4 is 19.7 Å². The van der Waals surface area contributed by atoms with Crippen molar-refractivity contribution < 1.29 is 19.4 Å². The first-order chi connectivity index (χ1) is 8.27. The maximum absolute atomic E-state index is 8.86. The van der Waals surface area contributed by atoms with Gasteiger partial charge in [0.05, 0.1) is 37.5 Å². The van der Waals surface area contributed by atoms with Crippen LogP contribution >= 0.6 is 11.6 Å². The Hall–Kier alpha value is -1.17. The molecule has 2 N–H and O–H groups in total. The molecule has 0 saturated carbocycles. The van der Waals surface area contributed by atoms with E-state index in [1.54, 1.807) is 6.07 Å². The van der Waals surface area contributed by atoms with Gasteiger partial charge in [-0.25, -0.2) is 5.48 Å². The standard InChI is InChI=1S/C11H14ClNO4/c1-15-10-7(6-13-14)11-9(5-8(10)12)16-3-2-4-17-11/h5,13-14H,2-4,6H2,1H3. The second-order valence-corrected chi connectivity index (χ2v) is 3.99. The van der Waals surface area contributed by atoms with E-state index in [9.17, 15) is 0 Å². The van der Waals surface area contributed by atoms with E-state index in [4.69, 9.17) is 31.0 Å². The molecule has 6 heteroatoms. The van der Waals surface area contributed by atoms with Crippen molar-refractivity contribution in [1.82, 2.24) is 5.48 Å². The molecule has 1 aromatic rings. The van der Waals surface area contributed by atoms with Gasteiger partial charge in [-0.3, -0.25) is 0 Å². The number of halogens is 1. The van der Waals surface area contributed by atoms with Crippen molar-refractivity contribution in [2.24, 2.45) is 0 Å². The molecule has 0 saturated heterocycles. The van der Waals surface area contributed by atoms with Crippen molar-refractivity contribution in [3.8, 4) is 17.2 Å². The fourth-order valence-electron chi connectivity index (χ4n) is 1.78. The molecule has 5 nitrogen and oxygen atoms in total. The van der Waals surface area contributed by atoms with E-state index >= 15 is 0 Å². The second kappa shape index (κ2) is 5.44. The highest BCUT2D eigenvalue weighted by atomic mass is 35.5. The van der Waals surface area contributed by atoms with E-state index in [-0.39, 0.29) is 6.54 Å². The van der Waals surface area contributed by atoms with Gasteiger partial charge >= 0.3 is 0 Å². The van der Waals surface area contributed by atoms with Crippen molar-refractivity contribution in [1.29, 1.82) is 0 Å². The molecule has 0 bridgehead atoms. The number of hydrogen-bond acceptors (Lipinski definition) is 5. The molecule has 94 valence electrons. The number of benzene rings is 1. The Balaban J connectivity index is 2.53. The summed E-state index contributed by atoms with van der Waals surface area (Å²) < 4.78 is 16.4. The van der Waals surface area contributed by atoms with Gasteiger partial charge in [-0.05, 0) is 0 Å². The van der Waals surface area contributed by atoms with Gasteiger partial charge in [0, 0.05) is 12.5 Å². The smallest absolute Gasteiger partial charge is 0.169 e. The zero-order valence-electron chi connectivity index (χ0n) is 9.46. The summed E-state index contributed by atoms with van der Waals surface area (Å²) in [7, 11) is 1.52. The molecule has 17 heavy (non-hydrogen) atoms. The van der Waals surface area contributed by atoms with Crippen LogP contribution in [0.5, 0.6) is 17.2 Å². The van der Waals surface area contributed by atoms with E-state index in [2.05, 4.69) is 5.48 Å². The number of hydrogen-bond donors (Lipinski definition) is 2. The summed E-state index contributed by atoms with van der Waals surface area (Å²) in [5.41, 5.74) is 2.73. The Kier molecular flexibility index (Phi) is 3.93. The first-order valence-corrected chi connectivity index (χ1v) is 5.67. The molecule has 0 atom stereocenters. The maximum Gasteiger partial charge on any atom is 0.169 e. The summed E-state index contributed by atoms with van der Waals surface area (Å²) in [6.07, 6.45) is 0.806. The fourth-order valence-corrected chi connectivity index (χ4v) is 2.07. The Morgan fingerprint density at radius 1 is 1.47 bits per heavy atom. The third-order valence-electron chi connectivity index (χ3n) is 2.50. The van der Waals surface area contributed by atoms with Gasteiger partial charge in [0.25, 0.3) is 0 Å². The summed E-state index contributed by atoms with van der Waals surface area (Å²) in [4.78, 5) is 0. The Bertz CT molecular complexity index is 411. The zero-order chi connectivity index (χ0) is 12.3. The molecule has 1 aliphatic heterocycles. The first-order valence-electron chi connectivity index (χ1n) is 5.30. The van der Waals surface area contributed by atoms with E-state index in [1.165, 1.54) is 7.11 Å². The van der Waals surface area contributed by atoms with Crippen LogP contribution in [0.1, 0.15) is 12.0 Å². The van der Waals surface area contributed by atoms with Crippen LogP contribution in [0.2, 0.25) is 5.02 Å². The van der Waals surface area contributed by atoms with Gasteiger partial charge in [0.15, 0.2) is 11.5 Å². The van der Waals surface area contributed by atoms with Crippen molar-refractivity contribution in [2.75, 3.05) is 20.3 Å². The number of ether oxygens (including phenoxy) is 3. The molecule has 0 fully saturated rings. The lowest BCUT2D eigenvalue weighted by molar-refractivity contribution is 0.158. The number of methoxy groups -OCH3 is 1. The lowest BCUT2D eigenvalue weighted by atomic mass is 10.1. The second-order valence-electron chi connectivity index (χ2n) is 3.58. The van der Waals surface area contributed by atoms with E-state index in [1.807, 2.05) is 0 Å². The molecule has 0 unspecified atom stereocenters. The summed E-state index contributed by atoms with van der Waals surface area (Å²) in [6, 6.07) is 1.67. The van der Waals surface area contributed by atoms with Crippen LogP contribution in [0.4, 0.5) is 0 Å². The maximum atomic E-state index is 8.86. The number of rotatable bonds is 3. The molecule has 2 rings (SSSR count). The van der Waals surface area contributed by atoms with Crippen LogP contribution in [-0.2, 0) is 6.54 Å². The predicted octanol–water partition coefficient (Wildman–Crippen LogP) is 1.99. The zero-order valence-corrected chi connectivity index (χ0v) is 10.2. The Morgan fingerprint density at radius 3 is 2.94 bits per heavy atom. The molecule has 0 radical (unpaired) electrons. The Morgan fingerprint density at radius 2 is 2.24 bits per heavy atom. The molecule has 0 amide bonds. The summed E-state index contributed by atoms with van der Waals surface area (Å²) in [5.74, 6) is 1.64. The Labute approximate surface area is 104 Å². The van der Waals surface area contributed by atoms with Gasteiger partial charge in [-0.15, -0.1) is 0 Å². The fraction of sp³-hybridized carbons (Fsp3) is 0.455. The largest absolute Gasteiger partial charge is 0.495 e. The molecule has 0 spiro atoms. The van der Waals surface area contributed by atoms with Gasteiger partial charge in [0.1, 0.15) is 5.75 Å². The van der Waals surface area contributed by atoms with Crippen molar-refractivity contribution >= 4 is 11.6 Å². The molecule has 0 aliphatic carbocycles. The van der Waals surface area contributed by atoms with Crippen LogP contribution in [0.25, 0.3) is 0 Å². The summed E-state index contributed by atoms with van der Waals surface area (Å²) in [5, 5.41) is 9.29. The highest BCUT2D eigenvalue weighted by Gasteiger charge is 2.21. The normalized spacial score (nSPS) is 14.3. The average Bonchev–Trinajstić information content (AvgIpc) is 2.54.